The fraction of sp³-hybridized carbons (Fsp3) is 0. The molecule has 0 amide bonds. The van der Waals surface area contributed by atoms with Crippen molar-refractivity contribution in [2.45, 2.75) is 0 Å². The van der Waals surface area contributed by atoms with E-state index in [0.29, 0.717) is 0 Å². The average molecular weight is 170 g/mol. The Morgan fingerprint density at radius 3 is 2.73 bits per heavy atom. The van der Waals surface area contributed by atoms with Gasteiger partial charge in [-0.3, -0.25) is 0 Å². The molecule has 11 heavy (non-hydrogen) atoms. The summed E-state index contributed by atoms with van der Waals surface area (Å²) in [7, 11) is 0. The summed E-state index contributed by atoms with van der Waals surface area (Å²) in [5.41, 5.74) is 0. The highest BCUT2D eigenvalue weighted by atomic mass is 32.1. The minimum Gasteiger partial charge on any atom is -0.502 e. The Kier molecular flexibility index (Phi) is 2.28. The van der Waals surface area contributed by atoms with Crippen LogP contribution in [0.3, 0.4) is 0 Å². The molecule has 4 heteroatoms. The molecule has 0 unspecified atom stereocenters. The molecule has 58 valence electrons. The minimum atomic E-state index is -1.31. The number of aliphatic hydroxyl groups is 1. The van der Waals surface area contributed by atoms with Crippen LogP contribution in [0.5, 0.6) is 0 Å². The maximum absolute atomic E-state index is 10.1. The first-order valence-electron chi connectivity index (χ1n) is 2.87. The van der Waals surface area contributed by atoms with Gasteiger partial charge in [-0.25, -0.2) is 4.79 Å². The summed E-state index contributed by atoms with van der Waals surface area (Å²) < 4.78 is 0. The highest BCUT2D eigenvalue weighted by Crippen LogP contribution is 2.11. The lowest BCUT2D eigenvalue weighted by atomic mass is 10.4. The summed E-state index contributed by atoms with van der Waals surface area (Å²) in [5, 5.41) is 18.8. The maximum atomic E-state index is 10.1. The second-order valence-corrected chi connectivity index (χ2v) is 2.83. The SMILES string of the molecule is O=C(O)/C(O)=C/c1cccs1. The van der Waals surface area contributed by atoms with Gasteiger partial charge in [0, 0.05) is 11.0 Å². The number of rotatable bonds is 2. The van der Waals surface area contributed by atoms with Gasteiger partial charge in [0.15, 0.2) is 0 Å². The molecule has 0 aromatic carbocycles. The van der Waals surface area contributed by atoms with Crippen molar-refractivity contribution in [2.24, 2.45) is 0 Å². The zero-order valence-electron chi connectivity index (χ0n) is 5.52. The molecule has 1 aromatic heterocycles. The lowest BCUT2D eigenvalue weighted by Gasteiger charge is -1.88. The molecule has 0 bridgehead atoms. The Hall–Kier alpha value is -1.29. The molecule has 0 aliphatic rings. The number of carboxylic acids is 1. The van der Waals surface area contributed by atoms with E-state index in [1.165, 1.54) is 17.4 Å². The van der Waals surface area contributed by atoms with Crippen molar-refractivity contribution in [3.8, 4) is 0 Å². The molecule has 0 saturated carbocycles. The van der Waals surface area contributed by atoms with Crippen LogP contribution >= 0.6 is 11.3 Å². The molecular weight excluding hydrogens is 164 g/mol. The normalized spacial score (nSPS) is 11.5. The van der Waals surface area contributed by atoms with E-state index in [1.54, 1.807) is 17.5 Å². The smallest absolute Gasteiger partial charge is 0.370 e. The molecule has 0 spiro atoms. The van der Waals surface area contributed by atoms with Gasteiger partial charge < -0.3 is 10.2 Å². The van der Waals surface area contributed by atoms with Gasteiger partial charge in [0.25, 0.3) is 0 Å². The first kappa shape index (κ1) is 7.81. The number of carbonyl (C=O) groups is 1. The molecule has 1 rings (SSSR count). The number of thiophene rings is 1. The van der Waals surface area contributed by atoms with Gasteiger partial charge in [0.05, 0.1) is 0 Å². The van der Waals surface area contributed by atoms with Gasteiger partial charge in [-0.15, -0.1) is 11.3 Å². The number of aliphatic carboxylic acids is 1. The van der Waals surface area contributed by atoms with E-state index >= 15 is 0 Å². The third-order valence-corrected chi connectivity index (χ3v) is 1.86. The van der Waals surface area contributed by atoms with Crippen molar-refractivity contribution in [3.63, 3.8) is 0 Å². The van der Waals surface area contributed by atoms with Gasteiger partial charge in [0.1, 0.15) is 0 Å². The van der Waals surface area contributed by atoms with E-state index in [-0.39, 0.29) is 0 Å². The Bertz CT molecular complexity index is 274. The second kappa shape index (κ2) is 3.21. The largest absolute Gasteiger partial charge is 0.502 e. The molecule has 2 N–H and O–H groups in total. The van der Waals surface area contributed by atoms with Gasteiger partial charge in [-0.2, -0.15) is 0 Å². The van der Waals surface area contributed by atoms with Crippen molar-refractivity contribution >= 4 is 23.4 Å². The Balaban J connectivity index is 2.82. The standard InChI is InChI=1S/C7H6O3S/c8-6(7(9)10)4-5-2-1-3-11-5/h1-4,8H,(H,9,10)/b6-4-. The Morgan fingerprint density at radius 2 is 2.27 bits per heavy atom. The fourth-order valence-electron chi connectivity index (χ4n) is 0.570. The zero-order chi connectivity index (χ0) is 8.27. The van der Waals surface area contributed by atoms with Crippen LogP contribution in [0.2, 0.25) is 0 Å². The van der Waals surface area contributed by atoms with E-state index in [9.17, 15) is 4.79 Å². The lowest BCUT2D eigenvalue weighted by molar-refractivity contribution is -0.135. The van der Waals surface area contributed by atoms with Crippen LogP contribution < -0.4 is 0 Å². The van der Waals surface area contributed by atoms with Crippen LogP contribution in [0.4, 0.5) is 0 Å². The molecule has 0 aliphatic carbocycles. The van der Waals surface area contributed by atoms with E-state index < -0.39 is 11.7 Å². The van der Waals surface area contributed by atoms with Crippen LogP contribution in [-0.2, 0) is 4.79 Å². The molecule has 3 nitrogen and oxygen atoms in total. The van der Waals surface area contributed by atoms with Crippen LogP contribution in [0.15, 0.2) is 23.3 Å². The molecule has 0 saturated heterocycles. The van der Waals surface area contributed by atoms with E-state index in [2.05, 4.69) is 0 Å². The molecule has 0 radical (unpaired) electrons. The van der Waals surface area contributed by atoms with Crippen molar-refractivity contribution in [2.75, 3.05) is 0 Å². The molecule has 1 heterocycles. The minimum absolute atomic E-state index is 0.632. The Morgan fingerprint density at radius 1 is 1.55 bits per heavy atom. The number of hydrogen-bond acceptors (Lipinski definition) is 3. The molecule has 0 atom stereocenters. The summed E-state index contributed by atoms with van der Waals surface area (Å²) >= 11 is 1.37. The first-order chi connectivity index (χ1) is 5.20. The van der Waals surface area contributed by atoms with Gasteiger partial charge in [0.2, 0.25) is 5.76 Å². The highest BCUT2D eigenvalue weighted by Gasteiger charge is 2.02. The third kappa shape index (κ3) is 2.09. The summed E-state index contributed by atoms with van der Waals surface area (Å²) in [5.74, 6) is -1.94. The van der Waals surface area contributed by atoms with E-state index in [1.807, 2.05) is 0 Å². The van der Waals surface area contributed by atoms with Gasteiger partial charge in [-0.1, -0.05) is 6.07 Å². The average Bonchev–Trinajstić information content (AvgIpc) is 2.39. The van der Waals surface area contributed by atoms with Gasteiger partial charge in [-0.05, 0) is 11.4 Å². The Labute approximate surface area is 67.2 Å². The van der Waals surface area contributed by atoms with Crippen LogP contribution in [0, 0.1) is 0 Å². The lowest BCUT2D eigenvalue weighted by Crippen LogP contribution is -1.97. The maximum Gasteiger partial charge on any atom is 0.370 e. The monoisotopic (exact) mass is 170 g/mol. The zero-order valence-corrected chi connectivity index (χ0v) is 6.34. The second-order valence-electron chi connectivity index (χ2n) is 1.85. The first-order valence-corrected chi connectivity index (χ1v) is 3.75. The summed E-state index contributed by atoms with van der Waals surface area (Å²) in [6.45, 7) is 0. The van der Waals surface area contributed by atoms with E-state index in [4.69, 9.17) is 10.2 Å². The highest BCUT2D eigenvalue weighted by molar-refractivity contribution is 7.10. The van der Waals surface area contributed by atoms with Crippen LogP contribution in [0.1, 0.15) is 4.88 Å². The summed E-state index contributed by atoms with van der Waals surface area (Å²) in [4.78, 5) is 10.8. The number of aliphatic hydroxyl groups excluding tert-OH is 1. The summed E-state index contributed by atoms with van der Waals surface area (Å²) in [6.07, 6.45) is 1.22. The fourth-order valence-corrected chi connectivity index (χ4v) is 1.22. The van der Waals surface area contributed by atoms with Crippen molar-refractivity contribution in [3.05, 3.63) is 28.1 Å². The van der Waals surface area contributed by atoms with Crippen molar-refractivity contribution in [1.82, 2.24) is 0 Å². The summed E-state index contributed by atoms with van der Waals surface area (Å²) in [6, 6.07) is 3.51. The quantitative estimate of drug-likeness (QED) is 0.525. The van der Waals surface area contributed by atoms with Crippen LogP contribution in [-0.4, -0.2) is 16.2 Å². The van der Waals surface area contributed by atoms with Gasteiger partial charge >= 0.3 is 5.97 Å². The van der Waals surface area contributed by atoms with Crippen molar-refractivity contribution < 1.29 is 15.0 Å². The molecule has 0 fully saturated rings. The molecular formula is C7H6O3S. The molecule has 1 aromatic rings. The number of hydrogen-bond donors (Lipinski definition) is 2. The predicted molar refractivity (Wildman–Crippen MR) is 42.6 cm³/mol. The van der Waals surface area contributed by atoms with Crippen molar-refractivity contribution in [1.29, 1.82) is 0 Å². The third-order valence-electron chi connectivity index (χ3n) is 1.04. The topological polar surface area (TPSA) is 57.5 Å². The van der Waals surface area contributed by atoms with Crippen LogP contribution in [0.25, 0.3) is 6.08 Å². The predicted octanol–water partition coefficient (Wildman–Crippen LogP) is 1.73. The van der Waals surface area contributed by atoms with E-state index in [0.717, 1.165) is 4.88 Å². The molecule has 0 aliphatic heterocycles. The number of carboxylic acid groups (broad SMARTS) is 1.